The molecule has 0 radical (unpaired) electrons. The Labute approximate surface area is 129 Å². The number of rotatable bonds is 6. The van der Waals surface area contributed by atoms with E-state index in [1.807, 2.05) is 13.0 Å². The first-order valence-electron chi connectivity index (χ1n) is 6.72. The number of hydrogen-bond acceptors (Lipinski definition) is 5. The summed E-state index contributed by atoms with van der Waals surface area (Å²) in [5, 5.41) is 2.83. The molecule has 0 saturated carbocycles. The molecule has 118 valence electrons. The van der Waals surface area contributed by atoms with E-state index >= 15 is 0 Å². The monoisotopic (exact) mass is 305 g/mol. The molecule has 1 aromatic heterocycles. The molecule has 2 aromatic rings. The Morgan fingerprint density at radius 2 is 1.82 bits per heavy atom. The molecule has 0 aliphatic heterocycles. The van der Waals surface area contributed by atoms with Crippen LogP contribution in [0.5, 0.6) is 17.2 Å². The second-order valence-corrected chi connectivity index (χ2v) is 4.57. The quantitative estimate of drug-likeness (QED) is 0.888. The van der Waals surface area contributed by atoms with Crippen molar-refractivity contribution in [3.05, 3.63) is 41.3 Å². The minimum atomic E-state index is -0.265. The molecule has 22 heavy (non-hydrogen) atoms. The van der Waals surface area contributed by atoms with Gasteiger partial charge in [-0.05, 0) is 25.1 Å². The van der Waals surface area contributed by atoms with Gasteiger partial charge in [0, 0.05) is 12.1 Å². The molecule has 0 aliphatic rings. The van der Waals surface area contributed by atoms with Crippen molar-refractivity contribution in [2.24, 2.45) is 0 Å². The Bertz CT molecular complexity index is 663. The van der Waals surface area contributed by atoms with Crippen LogP contribution in [0.4, 0.5) is 0 Å². The molecule has 0 bridgehead atoms. The molecule has 1 aromatic carbocycles. The van der Waals surface area contributed by atoms with Gasteiger partial charge < -0.3 is 23.9 Å². The molecule has 0 aliphatic carbocycles. The Kier molecular flexibility index (Phi) is 4.93. The first kappa shape index (κ1) is 15.8. The van der Waals surface area contributed by atoms with Gasteiger partial charge in [0.2, 0.25) is 5.75 Å². The topological polar surface area (TPSA) is 69.9 Å². The highest BCUT2D eigenvalue weighted by molar-refractivity contribution is 5.98. The highest BCUT2D eigenvalue weighted by atomic mass is 16.5. The van der Waals surface area contributed by atoms with E-state index in [-0.39, 0.29) is 5.91 Å². The zero-order valence-corrected chi connectivity index (χ0v) is 13.1. The van der Waals surface area contributed by atoms with Crippen LogP contribution in [0.15, 0.2) is 28.9 Å². The molecule has 6 nitrogen and oxygen atoms in total. The summed E-state index contributed by atoms with van der Waals surface area (Å²) in [5.41, 5.74) is 1.30. The smallest absolute Gasteiger partial charge is 0.255 e. The molecule has 2 rings (SSSR count). The van der Waals surface area contributed by atoms with Crippen LogP contribution in [0.25, 0.3) is 0 Å². The van der Waals surface area contributed by atoms with Crippen molar-refractivity contribution in [1.29, 1.82) is 0 Å². The van der Waals surface area contributed by atoms with Gasteiger partial charge in [0.1, 0.15) is 5.76 Å². The summed E-state index contributed by atoms with van der Waals surface area (Å²) >= 11 is 0. The van der Waals surface area contributed by atoms with Gasteiger partial charge in [-0.1, -0.05) is 0 Å². The fourth-order valence-corrected chi connectivity index (χ4v) is 2.15. The SMILES string of the molecule is COc1ccc(C(=O)NCc2ccoc2C)c(OC)c1OC. The number of furan rings is 1. The number of nitrogens with one attached hydrogen (secondary N) is 1. The molecular weight excluding hydrogens is 286 g/mol. The van der Waals surface area contributed by atoms with E-state index < -0.39 is 0 Å². The highest BCUT2D eigenvalue weighted by Gasteiger charge is 2.20. The van der Waals surface area contributed by atoms with E-state index in [9.17, 15) is 4.79 Å². The molecule has 1 amide bonds. The Morgan fingerprint density at radius 1 is 1.09 bits per heavy atom. The summed E-state index contributed by atoms with van der Waals surface area (Å²) in [5.74, 6) is 1.74. The first-order valence-corrected chi connectivity index (χ1v) is 6.72. The van der Waals surface area contributed by atoms with Gasteiger partial charge >= 0.3 is 0 Å². The van der Waals surface area contributed by atoms with Crippen molar-refractivity contribution >= 4 is 5.91 Å². The maximum atomic E-state index is 12.4. The predicted molar refractivity (Wildman–Crippen MR) is 80.7 cm³/mol. The van der Waals surface area contributed by atoms with E-state index in [0.29, 0.717) is 29.4 Å². The van der Waals surface area contributed by atoms with E-state index in [1.54, 1.807) is 18.4 Å². The van der Waals surface area contributed by atoms with Crippen LogP contribution in [-0.2, 0) is 6.54 Å². The number of carbonyl (C=O) groups is 1. The summed E-state index contributed by atoms with van der Waals surface area (Å²) in [7, 11) is 4.50. The number of amides is 1. The van der Waals surface area contributed by atoms with Crippen molar-refractivity contribution in [2.75, 3.05) is 21.3 Å². The van der Waals surface area contributed by atoms with Gasteiger partial charge in [0.25, 0.3) is 5.91 Å². The lowest BCUT2D eigenvalue weighted by atomic mass is 10.1. The minimum Gasteiger partial charge on any atom is -0.493 e. The van der Waals surface area contributed by atoms with Gasteiger partial charge in [-0.25, -0.2) is 0 Å². The van der Waals surface area contributed by atoms with Crippen molar-refractivity contribution in [3.63, 3.8) is 0 Å². The number of methoxy groups -OCH3 is 3. The van der Waals surface area contributed by atoms with E-state index in [0.717, 1.165) is 11.3 Å². The second kappa shape index (κ2) is 6.89. The second-order valence-electron chi connectivity index (χ2n) is 4.57. The normalized spacial score (nSPS) is 10.2. The molecule has 1 heterocycles. The van der Waals surface area contributed by atoms with Crippen LogP contribution >= 0.6 is 0 Å². The van der Waals surface area contributed by atoms with Crippen molar-refractivity contribution in [1.82, 2.24) is 5.32 Å². The maximum Gasteiger partial charge on any atom is 0.255 e. The molecule has 6 heteroatoms. The van der Waals surface area contributed by atoms with E-state index in [2.05, 4.69) is 5.32 Å². The number of carbonyl (C=O) groups excluding carboxylic acids is 1. The third-order valence-electron chi connectivity index (χ3n) is 3.35. The average Bonchev–Trinajstić information content (AvgIpc) is 2.95. The van der Waals surface area contributed by atoms with Crippen LogP contribution in [0.1, 0.15) is 21.7 Å². The van der Waals surface area contributed by atoms with Gasteiger partial charge in [0.05, 0.1) is 33.2 Å². The van der Waals surface area contributed by atoms with Crippen molar-refractivity contribution < 1.29 is 23.4 Å². The Hall–Kier alpha value is -2.63. The van der Waals surface area contributed by atoms with E-state index in [4.69, 9.17) is 18.6 Å². The lowest BCUT2D eigenvalue weighted by Gasteiger charge is -2.15. The van der Waals surface area contributed by atoms with Crippen LogP contribution in [-0.4, -0.2) is 27.2 Å². The molecular formula is C16H19NO5. The largest absolute Gasteiger partial charge is 0.493 e. The summed E-state index contributed by atoms with van der Waals surface area (Å²) < 4.78 is 21.0. The van der Waals surface area contributed by atoms with Crippen molar-refractivity contribution in [3.8, 4) is 17.2 Å². The Morgan fingerprint density at radius 3 is 2.36 bits per heavy atom. The van der Waals surface area contributed by atoms with Crippen molar-refractivity contribution in [2.45, 2.75) is 13.5 Å². The minimum absolute atomic E-state index is 0.265. The van der Waals surface area contributed by atoms with Crippen LogP contribution < -0.4 is 19.5 Å². The number of ether oxygens (including phenoxy) is 3. The molecule has 1 N–H and O–H groups in total. The van der Waals surface area contributed by atoms with E-state index in [1.165, 1.54) is 21.3 Å². The zero-order chi connectivity index (χ0) is 16.1. The standard InChI is InChI=1S/C16H19NO5/c1-10-11(7-8-22-10)9-17-16(18)12-5-6-13(19-2)15(21-4)14(12)20-3/h5-8H,9H2,1-4H3,(H,17,18). The Balaban J connectivity index is 2.24. The van der Waals surface area contributed by atoms with Crippen LogP contribution in [0.2, 0.25) is 0 Å². The fourth-order valence-electron chi connectivity index (χ4n) is 2.15. The summed E-state index contributed by atoms with van der Waals surface area (Å²) in [6.45, 7) is 2.22. The predicted octanol–water partition coefficient (Wildman–Crippen LogP) is 2.54. The summed E-state index contributed by atoms with van der Waals surface area (Å²) in [4.78, 5) is 12.4. The third kappa shape index (κ3) is 3.00. The highest BCUT2D eigenvalue weighted by Crippen LogP contribution is 2.39. The first-order chi connectivity index (χ1) is 10.6. The zero-order valence-electron chi connectivity index (χ0n) is 13.1. The van der Waals surface area contributed by atoms with Crippen LogP contribution in [0.3, 0.4) is 0 Å². The lowest BCUT2D eigenvalue weighted by Crippen LogP contribution is -2.23. The molecule has 0 fully saturated rings. The number of benzene rings is 1. The fraction of sp³-hybridized carbons (Fsp3) is 0.312. The molecule has 0 atom stereocenters. The summed E-state index contributed by atoms with van der Waals surface area (Å²) in [6.07, 6.45) is 1.59. The molecule has 0 unspecified atom stereocenters. The van der Waals surface area contributed by atoms with Gasteiger partial charge in [-0.3, -0.25) is 4.79 Å². The summed E-state index contributed by atoms with van der Waals surface area (Å²) in [6, 6.07) is 5.12. The molecule has 0 spiro atoms. The number of aryl methyl sites for hydroxylation is 1. The average molecular weight is 305 g/mol. The third-order valence-corrected chi connectivity index (χ3v) is 3.35. The number of hydrogen-bond donors (Lipinski definition) is 1. The van der Waals surface area contributed by atoms with Gasteiger partial charge in [-0.2, -0.15) is 0 Å². The maximum absolute atomic E-state index is 12.4. The van der Waals surface area contributed by atoms with Gasteiger partial charge in [-0.15, -0.1) is 0 Å². The van der Waals surface area contributed by atoms with Crippen LogP contribution in [0, 0.1) is 6.92 Å². The lowest BCUT2D eigenvalue weighted by molar-refractivity contribution is 0.0947. The molecule has 0 saturated heterocycles. The van der Waals surface area contributed by atoms with Gasteiger partial charge in [0.15, 0.2) is 11.5 Å².